The van der Waals surface area contributed by atoms with Gasteiger partial charge in [-0.15, -0.1) is 0 Å². The zero-order valence-corrected chi connectivity index (χ0v) is 16.3. The number of carbonyl (C=O) groups is 2. The van der Waals surface area contributed by atoms with Gasteiger partial charge in [0, 0.05) is 12.6 Å². The van der Waals surface area contributed by atoms with Gasteiger partial charge in [-0.2, -0.15) is 0 Å². The van der Waals surface area contributed by atoms with Crippen LogP contribution < -0.4 is 5.32 Å². The van der Waals surface area contributed by atoms with Crippen LogP contribution in [0.2, 0.25) is 0 Å². The quantitative estimate of drug-likeness (QED) is 0.423. The summed E-state index contributed by atoms with van der Waals surface area (Å²) in [5, 5.41) is 3.33. The summed E-state index contributed by atoms with van der Waals surface area (Å²) in [5.74, 6) is -1.21. The Balaban J connectivity index is 2.58. The molecule has 0 amide bonds. The first-order valence-electron chi connectivity index (χ1n) is 9.69. The number of rotatable bonds is 13. The third kappa shape index (κ3) is 8.99. The number of hydrogen-bond acceptors (Lipinski definition) is 5. The largest absolute Gasteiger partial charge is 0.466 e. The van der Waals surface area contributed by atoms with E-state index in [1.54, 1.807) is 0 Å². The summed E-state index contributed by atoms with van der Waals surface area (Å²) in [7, 11) is 0. The Bertz CT molecular complexity index is 518. The smallest absolute Gasteiger partial charge is 0.310 e. The zero-order chi connectivity index (χ0) is 19.2. The second kappa shape index (κ2) is 13.3. The molecule has 0 spiro atoms. The second-order valence-corrected chi connectivity index (χ2v) is 6.54. The van der Waals surface area contributed by atoms with Crippen LogP contribution in [0.1, 0.15) is 64.5 Å². The van der Waals surface area contributed by atoms with Gasteiger partial charge >= 0.3 is 11.9 Å². The van der Waals surface area contributed by atoms with E-state index in [9.17, 15) is 9.59 Å². The molecule has 0 heterocycles. The average molecular weight is 363 g/mol. The molecule has 2 atom stereocenters. The van der Waals surface area contributed by atoms with Crippen molar-refractivity contribution in [1.82, 2.24) is 5.32 Å². The van der Waals surface area contributed by atoms with Crippen molar-refractivity contribution in [3.63, 3.8) is 0 Å². The third-order valence-corrected chi connectivity index (χ3v) is 4.22. The summed E-state index contributed by atoms with van der Waals surface area (Å²) < 4.78 is 10.5. The molecule has 0 saturated carbocycles. The van der Waals surface area contributed by atoms with Gasteiger partial charge in [-0.1, -0.05) is 57.0 Å². The monoisotopic (exact) mass is 363 g/mol. The van der Waals surface area contributed by atoms with E-state index < -0.39 is 5.92 Å². The number of nitrogens with one attached hydrogen (secondary N) is 1. The molecule has 146 valence electrons. The minimum Gasteiger partial charge on any atom is -0.466 e. The fourth-order valence-corrected chi connectivity index (χ4v) is 2.44. The van der Waals surface area contributed by atoms with Crippen LogP contribution in [0.15, 0.2) is 30.3 Å². The van der Waals surface area contributed by atoms with E-state index in [1.165, 1.54) is 0 Å². The lowest BCUT2D eigenvalue weighted by Crippen LogP contribution is -2.33. The van der Waals surface area contributed by atoms with Gasteiger partial charge in [0.25, 0.3) is 0 Å². The van der Waals surface area contributed by atoms with Gasteiger partial charge in [-0.3, -0.25) is 9.59 Å². The van der Waals surface area contributed by atoms with Crippen LogP contribution in [-0.4, -0.2) is 31.7 Å². The molecule has 1 aromatic rings. The summed E-state index contributed by atoms with van der Waals surface area (Å²) in [6.45, 7) is 7.29. The lowest BCUT2D eigenvalue weighted by molar-refractivity contribution is -0.155. The van der Waals surface area contributed by atoms with Gasteiger partial charge in [-0.05, 0) is 25.3 Å². The Morgan fingerprint density at radius 3 is 2.23 bits per heavy atom. The summed E-state index contributed by atoms with van der Waals surface area (Å²) in [6, 6.07) is 10.1. The summed E-state index contributed by atoms with van der Waals surface area (Å²) in [6.07, 6.45) is 3.63. The minimum absolute atomic E-state index is 0.0448. The van der Waals surface area contributed by atoms with E-state index in [0.717, 1.165) is 31.2 Å². The Morgan fingerprint density at radius 1 is 1.00 bits per heavy atom. The van der Waals surface area contributed by atoms with Gasteiger partial charge in [0.2, 0.25) is 0 Å². The van der Waals surface area contributed by atoms with E-state index in [1.807, 2.05) is 51.1 Å². The van der Waals surface area contributed by atoms with Gasteiger partial charge in [0.05, 0.1) is 25.6 Å². The molecule has 0 aliphatic carbocycles. The molecule has 0 saturated heterocycles. The van der Waals surface area contributed by atoms with Gasteiger partial charge in [0.1, 0.15) is 0 Å². The number of carbonyl (C=O) groups excluding carboxylic acids is 2. The van der Waals surface area contributed by atoms with Gasteiger partial charge in [-0.25, -0.2) is 0 Å². The molecular weight excluding hydrogens is 330 g/mol. The van der Waals surface area contributed by atoms with Crippen LogP contribution in [0.4, 0.5) is 0 Å². The maximum Gasteiger partial charge on any atom is 0.310 e. The molecule has 0 fully saturated rings. The molecule has 5 nitrogen and oxygen atoms in total. The van der Waals surface area contributed by atoms with Crippen molar-refractivity contribution in [2.45, 2.75) is 58.9 Å². The number of benzene rings is 1. The van der Waals surface area contributed by atoms with Crippen molar-refractivity contribution in [3.05, 3.63) is 35.9 Å². The third-order valence-electron chi connectivity index (χ3n) is 4.22. The molecule has 2 unspecified atom stereocenters. The normalized spacial score (nSPS) is 13.0. The van der Waals surface area contributed by atoms with E-state index >= 15 is 0 Å². The molecule has 0 aliphatic rings. The van der Waals surface area contributed by atoms with Crippen LogP contribution in [0.25, 0.3) is 0 Å². The highest BCUT2D eigenvalue weighted by Crippen LogP contribution is 2.14. The fraction of sp³-hybridized carbons (Fsp3) is 0.619. The average Bonchev–Trinajstić information content (AvgIpc) is 2.65. The molecular formula is C21H33NO4. The highest BCUT2D eigenvalue weighted by atomic mass is 16.5. The predicted molar refractivity (Wildman–Crippen MR) is 103 cm³/mol. The van der Waals surface area contributed by atoms with Crippen molar-refractivity contribution in [2.24, 2.45) is 5.92 Å². The van der Waals surface area contributed by atoms with Gasteiger partial charge in [0.15, 0.2) is 0 Å². The summed E-state index contributed by atoms with van der Waals surface area (Å²) in [5.41, 5.74) is 1.14. The van der Waals surface area contributed by atoms with E-state index in [-0.39, 0.29) is 24.4 Å². The standard InChI is InChI=1S/C21H33NO4/c1-4-6-13-25-20(23)15-19(21(24)26-14-7-5-2)16-22-17(3)18-11-9-8-10-12-18/h8-12,17,19,22H,4-7,13-16H2,1-3H3. The predicted octanol–water partition coefficient (Wildman–Crippen LogP) is 4.03. The first-order valence-corrected chi connectivity index (χ1v) is 9.69. The van der Waals surface area contributed by atoms with Crippen molar-refractivity contribution in [3.8, 4) is 0 Å². The Labute approximate surface area is 157 Å². The zero-order valence-electron chi connectivity index (χ0n) is 16.3. The van der Waals surface area contributed by atoms with E-state index in [4.69, 9.17) is 9.47 Å². The van der Waals surface area contributed by atoms with Crippen molar-refractivity contribution >= 4 is 11.9 Å². The molecule has 1 rings (SSSR count). The second-order valence-electron chi connectivity index (χ2n) is 6.54. The van der Waals surface area contributed by atoms with Crippen molar-refractivity contribution < 1.29 is 19.1 Å². The fourth-order valence-electron chi connectivity index (χ4n) is 2.44. The number of esters is 2. The molecule has 1 aromatic carbocycles. The van der Waals surface area contributed by atoms with E-state index in [0.29, 0.717) is 19.8 Å². The van der Waals surface area contributed by atoms with Crippen LogP contribution in [0.5, 0.6) is 0 Å². The first-order chi connectivity index (χ1) is 12.6. The lowest BCUT2D eigenvalue weighted by Gasteiger charge is -2.20. The SMILES string of the molecule is CCCCOC(=O)CC(CNC(C)c1ccccc1)C(=O)OCCCC. The van der Waals surface area contributed by atoms with Crippen LogP contribution >= 0.6 is 0 Å². The summed E-state index contributed by atoms with van der Waals surface area (Å²) >= 11 is 0. The van der Waals surface area contributed by atoms with Crippen LogP contribution in [0, 0.1) is 5.92 Å². The molecule has 26 heavy (non-hydrogen) atoms. The number of hydrogen-bond donors (Lipinski definition) is 1. The topological polar surface area (TPSA) is 64.6 Å². The van der Waals surface area contributed by atoms with Crippen LogP contribution in [0.3, 0.4) is 0 Å². The Kier molecular flexibility index (Phi) is 11.4. The number of unbranched alkanes of at least 4 members (excludes halogenated alkanes) is 2. The van der Waals surface area contributed by atoms with Crippen LogP contribution in [-0.2, 0) is 19.1 Å². The summed E-state index contributed by atoms with van der Waals surface area (Å²) in [4.78, 5) is 24.4. The Morgan fingerprint density at radius 2 is 1.62 bits per heavy atom. The van der Waals surface area contributed by atoms with Crippen molar-refractivity contribution in [1.29, 1.82) is 0 Å². The lowest BCUT2D eigenvalue weighted by atomic mass is 10.0. The van der Waals surface area contributed by atoms with E-state index in [2.05, 4.69) is 5.32 Å². The maximum absolute atomic E-state index is 12.4. The number of ether oxygens (including phenoxy) is 2. The molecule has 0 bridgehead atoms. The molecule has 0 aliphatic heterocycles. The van der Waals surface area contributed by atoms with Crippen molar-refractivity contribution in [2.75, 3.05) is 19.8 Å². The van der Waals surface area contributed by atoms with Gasteiger partial charge < -0.3 is 14.8 Å². The first kappa shape index (κ1) is 22.2. The highest BCUT2D eigenvalue weighted by molar-refractivity contribution is 5.80. The Hall–Kier alpha value is -1.88. The maximum atomic E-state index is 12.4. The molecule has 5 heteroatoms. The molecule has 0 radical (unpaired) electrons. The molecule has 0 aromatic heterocycles. The minimum atomic E-state index is -0.535. The highest BCUT2D eigenvalue weighted by Gasteiger charge is 2.25. The molecule has 1 N–H and O–H groups in total.